The number of carbonyl (C=O) groups is 1. The number of rotatable bonds is 8. The van der Waals surface area contributed by atoms with Gasteiger partial charge in [0.2, 0.25) is 0 Å². The monoisotopic (exact) mass is 541 g/mol. The van der Waals surface area contributed by atoms with Crippen molar-refractivity contribution in [2.75, 3.05) is 17.1 Å². The van der Waals surface area contributed by atoms with Gasteiger partial charge in [-0.3, -0.25) is 14.8 Å². The van der Waals surface area contributed by atoms with Crippen molar-refractivity contribution in [1.29, 1.82) is 0 Å². The van der Waals surface area contributed by atoms with Crippen LogP contribution in [-0.4, -0.2) is 26.4 Å². The van der Waals surface area contributed by atoms with E-state index in [1.807, 2.05) is 47.8 Å². The van der Waals surface area contributed by atoms with Crippen molar-refractivity contribution in [3.05, 3.63) is 114 Å². The van der Waals surface area contributed by atoms with Crippen molar-refractivity contribution in [3.8, 4) is 28.1 Å². The van der Waals surface area contributed by atoms with Crippen molar-refractivity contribution in [2.24, 2.45) is 0 Å². The maximum atomic E-state index is 13.1. The third-order valence-electron chi connectivity index (χ3n) is 5.80. The van der Waals surface area contributed by atoms with E-state index < -0.39 is 15.9 Å². The minimum Gasteiger partial charge on any atom is -0.497 e. The third-order valence-corrected chi connectivity index (χ3v) is 7.94. The van der Waals surface area contributed by atoms with Gasteiger partial charge in [0.1, 0.15) is 5.75 Å². The van der Waals surface area contributed by atoms with Crippen LogP contribution in [0.15, 0.2) is 113 Å². The number of benzene rings is 4. The molecule has 190 valence electrons. The smallest absolute Gasteiger partial charge is 0.261 e. The van der Waals surface area contributed by atoms with E-state index in [1.54, 1.807) is 30.3 Å². The second-order valence-electron chi connectivity index (χ2n) is 8.26. The number of hydrogen-bond acceptors (Lipinski definition) is 6. The molecule has 0 radical (unpaired) electrons. The van der Waals surface area contributed by atoms with Crippen LogP contribution in [0.2, 0.25) is 0 Å². The first kappa shape index (κ1) is 25.2. The van der Waals surface area contributed by atoms with Crippen molar-refractivity contribution in [1.82, 2.24) is 4.98 Å². The van der Waals surface area contributed by atoms with Crippen molar-refractivity contribution in [2.45, 2.75) is 4.90 Å². The quantitative estimate of drug-likeness (QED) is 0.233. The molecular weight excluding hydrogens is 518 g/mol. The number of ether oxygens (including phenoxy) is 1. The van der Waals surface area contributed by atoms with Gasteiger partial charge < -0.3 is 4.74 Å². The van der Waals surface area contributed by atoms with Gasteiger partial charge in [-0.2, -0.15) is 0 Å². The lowest BCUT2D eigenvalue weighted by Gasteiger charge is -2.12. The summed E-state index contributed by atoms with van der Waals surface area (Å²) >= 11 is 1.29. The topological polar surface area (TPSA) is 97.4 Å². The van der Waals surface area contributed by atoms with Gasteiger partial charge >= 0.3 is 0 Å². The average molecular weight is 542 g/mol. The molecule has 0 aliphatic rings. The van der Waals surface area contributed by atoms with Crippen LogP contribution in [0.3, 0.4) is 0 Å². The molecule has 9 heteroatoms. The van der Waals surface area contributed by atoms with E-state index in [0.717, 1.165) is 22.4 Å². The van der Waals surface area contributed by atoms with E-state index in [0.29, 0.717) is 10.9 Å². The maximum Gasteiger partial charge on any atom is 0.261 e. The van der Waals surface area contributed by atoms with Crippen molar-refractivity contribution >= 4 is 38.1 Å². The SMILES string of the molecule is COc1ccc(S(=O)(=O)Nc2ccccc2C(=O)Nc2nc(-c3ccc(-c4ccccc4)cc3)cs2)cc1. The Kier molecular flexibility index (Phi) is 7.21. The number of sulfonamides is 1. The molecule has 0 unspecified atom stereocenters. The highest BCUT2D eigenvalue weighted by Gasteiger charge is 2.19. The molecule has 4 aromatic carbocycles. The fourth-order valence-electron chi connectivity index (χ4n) is 3.82. The number of anilines is 2. The van der Waals surface area contributed by atoms with Crippen molar-refractivity contribution < 1.29 is 17.9 Å². The molecule has 1 aromatic heterocycles. The first-order chi connectivity index (χ1) is 18.4. The van der Waals surface area contributed by atoms with Gasteiger partial charge in [-0.25, -0.2) is 13.4 Å². The molecule has 2 N–H and O–H groups in total. The fraction of sp³-hybridized carbons (Fsp3) is 0.0345. The summed E-state index contributed by atoms with van der Waals surface area (Å²) in [6.07, 6.45) is 0. The second-order valence-corrected chi connectivity index (χ2v) is 10.8. The predicted molar refractivity (Wildman–Crippen MR) is 151 cm³/mol. The van der Waals surface area contributed by atoms with E-state index >= 15 is 0 Å². The Bertz CT molecular complexity index is 1670. The molecule has 0 atom stereocenters. The number of thiazole rings is 1. The van der Waals surface area contributed by atoms with E-state index in [1.165, 1.54) is 36.6 Å². The Labute approximate surface area is 224 Å². The summed E-state index contributed by atoms with van der Waals surface area (Å²) in [4.78, 5) is 17.7. The van der Waals surface area contributed by atoms with Crippen LogP contribution in [0.1, 0.15) is 10.4 Å². The van der Waals surface area contributed by atoms with Crippen molar-refractivity contribution in [3.63, 3.8) is 0 Å². The largest absolute Gasteiger partial charge is 0.497 e. The summed E-state index contributed by atoms with van der Waals surface area (Å²) in [6.45, 7) is 0. The molecule has 0 bridgehead atoms. The molecule has 5 aromatic rings. The van der Waals surface area contributed by atoms with Crippen LogP contribution in [0, 0.1) is 0 Å². The number of aromatic nitrogens is 1. The maximum absolute atomic E-state index is 13.1. The minimum atomic E-state index is -3.92. The number of methoxy groups -OCH3 is 1. The van der Waals surface area contributed by atoms with Gasteiger partial charge in [0.25, 0.3) is 15.9 Å². The predicted octanol–water partition coefficient (Wildman–Crippen LogP) is 6.54. The lowest BCUT2D eigenvalue weighted by atomic mass is 10.0. The highest BCUT2D eigenvalue weighted by Crippen LogP contribution is 2.29. The van der Waals surface area contributed by atoms with Crippen LogP contribution >= 0.6 is 11.3 Å². The lowest BCUT2D eigenvalue weighted by molar-refractivity contribution is 0.102. The number of nitrogens with zero attached hydrogens (tertiary/aromatic N) is 1. The molecule has 0 fully saturated rings. The van der Waals surface area contributed by atoms with Crippen LogP contribution in [-0.2, 0) is 10.0 Å². The molecule has 1 amide bonds. The number of amides is 1. The molecule has 1 heterocycles. The zero-order valence-electron chi connectivity index (χ0n) is 20.3. The summed E-state index contributed by atoms with van der Waals surface area (Å²) in [7, 11) is -2.42. The highest BCUT2D eigenvalue weighted by molar-refractivity contribution is 7.92. The molecule has 0 saturated heterocycles. The van der Waals surface area contributed by atoms with Gasteiger partial charge in [0.05, 0.1) is 29.0 Å². The summed E-state index contributed by atoms with van der Waals surface area (Å²) in [5, 5.41) is 5.06. The summed E-state index contributed by atoms with van der Waals surface area (Å²) < 4.78 is 33.4. The molecule has 0 aliphatic carbocycles. The second kappa shape index (κ2) is 10.9. The summed E-state index contributed by atoms with van der Waals surface area (Å²) in [5.74, 6) is 0.0667. The van der Waals surface area contributed by atoms with Gasteiger partial charge in [-0.1, -0.05) is 66.7 Å². The van der Waals surface area contributed by atoms with E-state index in [-0.39, 0.29) is 16.1 Å². The molecular formula is C29H23N3O4S2. The van der Waals surface area contributed by atoms with E-state index in [9.17, 15) is 13.2 Å². The molecule has 38 heavy (non-hydrogen) atoms. The zero-order valence-corrected chi connectivity index (χ0v) is 21.9. The number of hydrogen-bond donors (Lipinski definition) is 2. The molecule has 0 spiro atoms. The number of para-hydroxylation sites is 1. The molecule has 5 rings (SSSR count). The Hall–Kier alpha value is -4.47. The Morgan fingerprint density at radius 1 is 0.789 bits per heavy atom. The van der Waals surface area contributed by atoms with E-state index in [2.05, 4.69) is 27.2 Å². The van der Waals surface area contributed by atoms with Gasteiger partial charge in [0, 0.05) is 10.9 Å². The van der Waals surface area contributed by atoms with Gasteiger partial charge in [-0.05, 0) is 47.5 Å². The van der Waals surface area contributed by atoms with Crippen LogP contribution in [0.5, 0.6) is 5.75 Å². The molecule has 0 aliphatic heterocycles. The Morgan fingerprint density at radius 3 is 2.13 bits per heavy atom. The lowest BCUT2D eigenvalue weighted by Crippen LogP contribution is -2.18. The standard InChI is InChI=1S/C29H23N3O4S2/c1-36-23-15-17-24(18-16-23)38(34,35)32-26-10-6-5-9-25(26)28(33)31-29-30-27(19-37-29)22-13-11-21(12-14-22)20-7-3-2-4-8-20/h2-19,32H,1H3,(H,30,31,33). The van der Waals surface area contributed by atoms with Gasteiger partial charge in [-0.15, -0.1) is 11.3 Å². The first-order valence-electron chi connectivity index (χ1n) is 11.6. The van der Waals surface area contributed by atoms with Crippen LogP contribution < -0.4 is 14.8 Å². The third kappa shape index (κ3) is 5.59. The number of nitrogens with one attached hydrogen (secondary N) is 2. The first-order valence-corrected chi connectivity index (χ1v) is 14.0. The molecule has 0 saturated carbocycles. The Balaban J connectivity index is 1.31. The fourth-order valence-corrected chi connectivity index (χ4v) is 5.62. The average Bonchev–Trinajstić information content (AvgIpc) is 3.42. The minimum absolute atomic E-state index is 0.0522. The summed E-state index contributed by atoms with van der Waals surface area (Å²) in [6, 6.07) is 30.6. The highest BCUT2D eigenvalue weighted by atomic mass is 32.2. The van der Waals surface area contributed by atoms with E-state index in [4.69, 9.17) is 4.74 Å². The Morgan fingerprint density at radius 2 is 1.42 bits per heavy atom. The van der Waals surface area contributed by atoms with Crippen LogP contribution in [0.25, 0.3) is 22.4 Å². The normalized spacial score (nSPS) is 11.1. The number of carbonyl (C=O) groups excluding carboxylic acids is 1. The molecule has 7 nitrogen and oxygen atoms in total. The van der Waals surface area contributed by atoms with Gasteiger partial charge in [0.15, 0.2) is 5.13 Å². The van der Waals surface area contributed by atoms with Crippen LogP contribution in [0.4, 0.5) is 10.8 Å². The zero-order chi connectivity index (χ0) is 26.5. The summed E-state index contributed by atoms with van der Waals surface area (Å²) in [5.41, 5.74) is 4.23.